The van der Waals surface area contributed by atoms with Crippen molar-refractivity contribution in [3.8, 4) is 11.5 Å². The van der Waals surface area contributed by atoms with E-state index in [1.54, 1.807) is 12.1 Å². The van der Waals surface area contributed by atoms with Crippen molar-refractivity contribution in [1.29, 1.82) is 0 Å². The van der Waals surface area contributed by atoms with Crippen LogP contribution in [-0.2, 0) is 0 Å². The standard InChI is InChI=1S/C16H14ClFO2/c1-9-6-13(7-10(2)16(9)17)20-15-5-4-12(18)8-14(15)11(3)19/h4-8H,1-3H3. The Balaban J connectivity index is 2.42. The predicted octanol–water partition coefficient (Wildman–Crippen LogP) is 5.09. The van der Waals surface area contributed by atoms with Crippen LogP contribution in [0.5, 0.6) is 11.5 Å². The Morgan fingerprint density at radius 2 is 1.75 bits per heavy atom. The molecule has 0 amide bonds. The summed E-state index contributed by atoms with van der Waals surface area (Å²) in [5.41, 5.74) is 1.98. The van der Waals surface area contributed by atoms with Crippen molar-refractivity contribution in [1.82, 2.24) is 0 Å². The molecule has 20 heavy (non-hydrogen) atoms. The maximum absolute atomic E-state index is 13.2. The molecule has 0 atom stereocenters. The van der Waals surface area contributed by atoms with Gasteiger partial charge in [0.25, 0.3) is 0 Å². The van der Waals surface area contributed by atoms with Crippen molar-refractivity contribution in [2.45, 2.75) is 20.8 Å². The summed E-state index contributed by atoms with van der Waals surface area (Å²) in [6.45, 7) is 5.12. The second-order valence-electron chi connectivity index (χ2n) is 4.67. The number of carbonyl (C=O) groups is 1. The third-order valence-electron chi connectivity index (χ3n) is 2.96. The Labute approximate surface area is 122 Å². The number of carbonyl (C=O) groups excluding carboxylic acids is 1. The van der Waals surface area contributed by atoms with Crippen molar-refractivity contribution in [2.75, 3.05) is 0 Å². The van der Waals surface area contributed by atoms with E-state index >= 15 is 0 Å². The Morgan fingerprint density at radius 1 is 1.15 bits per heavy atom. The molecule has 0 unspecified atom stereocenters. The lowest BCUT2D eigenvalue weighted by Crippen LogP contribution is -1.98. The first-order valence-corrected chi connectivity index (χ1v) is 6.51. The first kappa shape index (κ1) is 14.5. The number of halogens is 2. The quantitative estimate of drug-likeness (QED) is 0.736. The minimum absolute atomic E-state index is 0.218. The molecule has 0 aliphatic heterocycles. The van der Waals surface area contributed by atoms with Crippen LogP contribution in [0.25, 0.3) is 0 Å². The van der Waals surface area contributed by atoms with Gasteiger partial charge in [0.1, 0.15) is 17.3 Å². The molecule has 0 fully saturated rings. The van der Waals surface area contributed by atoms with Gasteiger partial charge < -0.3 is 4.74 Å². The summed E-state index contributed by atoms with van der Waals surface area (Å²) in [5, 5.41) is 0.684. The van der Waals surface area contributed by atoms with Gasteiger partial charge in [-0.3, -0.25) is 4.79 Å². The van der Waals surface area contributed by atoms with Crippen LogP contribution < -0.4 is 4.74 Å². The fourth-order valence-electron chi connectivity index (χ4n) is 1.96. The molecule has 2 nitrogen and oxygen atoms in total. The molecule has 0 bridgehead atoms. The molecule has 0 aromatic heterocycles. The molecule has 0 N–H and O–H groups in total. The summed E-state index contributed by atoms with van der Waals surface area (Å²) < 4.78 is 18.9. The van der Waals surface area contributed by atoms with E-state index in [0.717, 1.165) is 11.1 Å². The van der Waals surface area contributed by atoms with Crippen LogP contribution in [0.15, 0.2) is 30.3 Å². The molecule has 2 aromatic carbocycles. The highest BCUT2D eigenvalue weighted by atomic mass is 35.5. The smallest absolute Gasteiger partial charge is 0.163 e. The first-order chi connectivity index (χ1) is 9.38. The van der Waals surface area contributed by atoms with Crippen LogP contribution in [-0.4, -0.2) is 5.78 Å². The number of ether oxygens (including phenoxy) is 1. The fourth-order valence-corrected chi connectivity index (χ4v) is 2.07. The normalized spacial score (nSPS) is 10.4. The average Bonchev–Trinajstić information content (AvgIpc) is 2.37. The number of ketones is 1. The number of aryl methyl sites for hydroxylation is 2. The van der Waals surface area contributed by atoms with Gasteiger partial charge in [0.2, 0.25) is 0 Å². The van der Waals surface area contributed by atoms with E-state index in [2.05, 4.69) is 0 Å². The average molecular weight is 293 g/mol. The molecule has 2 rings (SSSR count). The molecule has 0 heterocycles. The van der Waals surface area contributed by atoms with Crippen molar-refractivity contribution in [3.63, 3.8) is 0 Å². The van der Waals surface area contributed by atoms with Crippen LogP contribution in [0.3, 0.4) is 0 Å². The molecular weight excluding hydrogens is 279 g/mol. The molecule has 0 aliphatic carbocycles. The van der Waals surface area contributed by atoms with Gasteiger partial charge in [0, 0.05) is 5.02 Å². The van der Waals surface area contributed by atoms with Crippen molar-refractivity contribution in [3.05, 3.63) is 57.9 Å². The molecule has 0 spiro atoms. The summed E-state index contributed by atoms with van der Waals surface area (Å²) in [6, 6.07) is 7.45. The Morgan fingerprint density at radius 3 is 2.30 bits per heavy atom. The van der Waals surface area contributed by atoms with Crippen molar-refractivity contribution < 1.29 is 13.9 Å². The maximum atomic E-state index is 13.2. The van der Waals surface area contributed by atoms with Gasteiger partial charge in [0.15, 0.2) is 5.78 Å². The summed E-state index contributed by atoms with van der Waals surface area (Å²) in [5.74, 6) is 0.187. The van der Waals surface area contributed by atoms with Crippen LogP contribution in [0, 0.1) is 19.7 Å². The number of benzene rings is 2. The van der Waals surface area contributed by atoms with Gasteiger partial charge in [-0.15, -0.1) is 0 Å². The molecule has 0 saturated heterocycles. The van der Waals surface area contributed by atoms with Gasteiger partial charge in [-0.05, 0) is 62.2 Å². The van der Waals surface area contributed by atoms with Gasteiger partial charge in [-0.2, -0.15) is 0 Å². The Hall–Kier alpha value is -1.87. The molecule has 4 heteroatoms. The second-order valence-corrected chi connectivity index (χ2v) is 5.05. The third-order valence-corrected chi connectivity index (χ3v) is 3.55. The highest BCUT2D eigenvalue weighted by molar-refractivity contribution is 6.32. The van der Waals surface area contributed by atoms with E-state index in [4.69, 9.17) is 16.3 Å². The van der Waals surface area contributed by atoms with Crippen LogP contribution in [0.1, 0.15) is 28.4 Å². The van der Waals surface area contributed by atoms with Crippen LogP contribution >= 0.6 is 11.6 Å². The number of Topliss-reactive ketones (excluding diaryl/α,β-unsaturated/α-hetero) is 1. The lowest BCUT2D eigenvalue weighted by Gasteiger charge is -2.12. The highest BCUT2D eigenvalue weighted by Gasteiger charge is 2.12. The summed E-state index contributed by atoms with van der Waals surface area (Å²) in [4.78, 5) is 11.5. The zero-order valence-corrected chi connectivity index (χ0v) is 12.2. The lowest BCUT2D eigenvalue weighted by atomic mass is 10.1. The van der Waals surface area contributed by atoms with E-state index in [-0.39, 0.29) is 11.3 Å². The van der Waals surface area contributed by atoms with Crippen molar-refractivity contribution in [2.24, 2.45) is 0 Å². The van der Waals surface area contributed by atoms with E-state index in [1.165, 1.54) is 25.1 Å². The van der Waals surface area contributed by atoms with Gasteiger partial charge in [-0.25, -0.2) is 4.39 Å². The van der Waals surface area contributed by atoms with Gasteiger partial charge in [0.05, 0.1) is 5.56 Å². The minimum Gasteiger partial charge on any atom is -0.457 e. The fraction of sp³-hybridized carbons (Fsp3) is 0.188. The maximum Gasteiger partial charge on any atom is 0.163 e. The number of rotatable bonds is 3. The highest BCUT2D eigenvalue weighted by Crippen LogP contribution is 2.31. The lowest BCUT2D eigenvalue weighted by molar-refractivity contribution is 0.101. The van der Waals surface area contributed by atoms with Gasteiger partial charge in [-0.1, -0.05) is 11.6 Å². The van der Waals surface area contributed by atoms with Crippen LogP contribution in [0.2, 0.25) is 5.02 Å². The number of hydrogen-bond donors (Lipinski definition) is 0. The first-order valence-electron chi connectivity index (χ1n) is 6.13. The van der Waals surface area contributed by atoms with Gasteiger partial charge >= 0.3 is 0 Å². The Kier molecular flexibility index (Phi) is 4.09. The second kappa shape index (κ2) is 5.63. The third kappa shape index (κ3) is 2.99. The Bertz CT molecular complexity index is 657. The summed E-state index contributed by atoms with van der Waals surface area (Å²) in [6.07, 6.45) is 0. The monoisotopic (exact) mass is 292 g/mol. The zero-order valence-electron chi connectivity index (χ0n) is 11.5. The molecule has 0 aliphatic rings. The summed E-state index contributed by atoms with van der Waals surface area (Å²) >= 11 is 6.10. The largest absolute Gasteiger partial charge is 0.457 e. The van der Waals surface area contributed by atoms with E-state index in [0.29, 0.717) is 16.5 Å². The number of hydrogen-bond acceptors (Lipinski definition) is 2. The minimum atomic E-state index is -0.467. The molecular formula is C16H14ClFO2. The molecule has 104 valence electrons. The molecule has 2 aromatic rings. The predicted molar refractivity (Wildman–Crippen MR) is 77.4 cm³/mol. The van der Waals surface area contributed by atoms with Crippen LogP contribution in [0.4, 0.5) is 4.39 Å². The molecule has 0 radical (unpaired) electrons. The summed E-state index contributed by atoms with van der Waals surface area (Å²) in [7, 11) is 0. The van der Waals surface area contributed by atoms with E-state index in [1.807, 2.05) is 13.8 Å². The van der Waals surface area contributed by atoms with E-state index in [9.17, 15) is 9.18 Å². The molecule has 0 saturated carbocycles. The van der Waals surface area contributed by atoms with E-state index < -0.39 is 5.82 Å². The topological polar surface area (TPSA) is 26.3 Å². The SMILES string of the molecule is CC(=O)c1cc(F)ccc1Oc1cc(C)c(Cl)c(C)c1. The van der Waals surface area contributed by atoms with Crippen molar-refractivity contribution >= 4 is 17.4 Å². The zero-order chi connectivity index (χ0) is 14.9.